The van der Waals surface area contributed by atoms with Crippen LogP contribution in [0.3, 0.4) is 0 Å². The molecule has 2 aromatic rings. The highest BCUT2D eigenvalue weighted by molar-refractivity contribution is 6.20. The highest BCUT2D eigenvalue weighted by Crippen LogP contribution is 2.42. The lowest BCUT2D eigenvalue weighted by molar-refractivity contribution is -0.130. The number of benzene rings is 2. The number of halogens is 3. The van der Waals surface area contributed by atoms with Gasteiger partial charge in [-0.15, -0.1) is 0 Å². The third-order valence-corrected chi connectivity index (χ3v) is 4.00. The highest BCUT2D eigenvalue weighted by Gasteiger charge is 2.58. The number of nitrogens with one attached hydrogen (secondary N) is 1. The third kappa shape index (κ3) is 2.40. The van der Waals surface area contributed by atoms with Crippen LogP contribution in [0.2, 0.25) is 0 Å². The molecule has 1 amide bonds. The SMILES string of the molecule is O=C(Nc1ccccc1)C1(C(F)F)Cc2cc(F)ccc2C1=O. The average molecular weight is 319 g/mol. The molecule has 1 aliphatic carbocycles. The van der Waals surface area contributed by atoms with Crippen molar-refractivity contribution in [2.45, 2.75) is 12.8 Å². The van der Waals surface area contributed by atoms with Crippen molar-refractivity contribution >= 4 is 17.4 Å². The minimum absolute atomic E-state index is 0.0325. The molecule has 1 N–H and O–H groups in total. The lowest BCUT2D eigenvalue weighted by atomic mass is 9.83. The number of carbonyl (C=O) groups excluding carboxylic acids is 2. The summed E-state index contributed by atoms with van der Waals surface area (Å²) in [6, 6.07) is 11.2. The summed E-state index contributed by atoms with van der Waals surface area (Å²) >= 11 is 0. The highest BCUT2D eigenvalue weighted by atomic mass is 19.3. The number of alkyl halides is 2. The number of Topliss-reactive ketones (excluding diaryl/α,β-unsaturated/α-hetero) is 1. The monoisotopic (exact) mass is 319 g/mol. The van der Waals surface area contributed by atoms with Crippen LogP contribution in [0.15, 0.2) is 48.5 Å². The molecule has 1 aliphatic rings. The number of amides is 1. The smallest absolute Gasteiger partial charge is 0.260 e. The summed E-state index contributed by atoms with van der Waals surface area (Å²) in [6.07, 6.45) is -3.72. The van der Waals surface area contributed by atoms with Gasteiger partial charge in [0, 0.05) is 17.7 Å². The zero-order valence-corrected chi connectivity index (χ0v) is 11.9. The Balaban J connectivity index is 1.99. The molecule has 0 heterocycles. The molecule has 1 atom stereocenters. The van der Waals surface area contributed by atoms with Gasteiger partial charge >= 0.3 is 0 Å². The number of ketones is 1. The Morgan fingerprint density at radius 3 is 2.48 bits per heavy atom. The van der Waals surface area contributed by atoms with E-state index in [1.165, 1.54) is 12.1 Å². The number of para-hydroxylation sites is 1. The van der Waals surface area contributed by atoms with Crippen LogP contribution < -0.4 is 5.32 Å². The molecule has 0 radical (unpaired) electrons. The van der Waals surface area contributed by atoms with Crippen molar-refractivity contribution in [1.29, 1.82) is 0 Å². The van der Waals surface area contributed by atoms with Crippen LogP contribution in [-0.4, -0.2) is 18.1 Å². The zero-order chi connectivity index (χ0) is 16.6. The van der Waals surface area contributed by atoms with Crippen molar-refractivity contribution in [2.24, 2.45) is 5.41 Å². The molecule has 23 heavy (non-hydrogen) atoms. The Hall–Kier alpha value is -2.63. The molecule has 3 rings (SSSR count). The van der Waals surface area contributed by atoms with Crippen LogP contribution in [0.4, 0.5) is 18.9 Å². The molecular formula is C17H12F3NO2. The molecule has 0 aromatic heterocycles. The molecule has 0 fully saturated rings. The predicted octanol–water partition coefficient (Wildman–Crippen LogP) is 3.45. The van der Waals surface area contributed by atoms with Crippen LogP contribution >= 0.6 is 0 Å². The molecule has 0 aliphatic heterocycles. The summed E-state index contributed by atoms with van der Waals surface area (Å²) in [4.78, 5) is 24.9. The van der Waals surface area contributed by atoms with Crippen LogP contribution in [0, 0.1) is 11.2 Å². The zero-order valence-electron chi connectivity index (χ0n) is 11.9. The molecule has 0 bridgehead atoms. The number of hydrogen-bond donors (Lipinski definition) is 1. The quantitative estimate of drug-likeness (QED) is 0.881. The maximum Gasteiger partial charge on any atom is 0.260 e. The topological polar surface area (TPSA) is 46.2 Å². The summed E-state index contributed by atoms with van der Waals surface area (Å²) in [5.74, 6) is -2.69. The van der Waals surface area contributed by atoms with E-state index in [-0.39, 0.29) is 11.1 Å². The fourth-order valence-electron chi connectivity index (χ4n) is 2.77. The summed E-state index contributed by atoms with van der Waals surface area (Å²) in [6.45, 7) is 0. The molecule has 3 nitrogen and oxygen atoms in total. The van der Waals surface area contributed by atoms with Crippen molar-refractivity contribution < 1.29 is 22.8 Å². The van der Waals surface area contributed by atoms with E-state index >= 15 is 0 Å². The standard InChI is InChI=1S/C17H12F3NO2/c18-11-6-7-13-10(8-11)9-17(14(13)22,15(19)20)16(23)21-12-4-2-1-3-5-12/h1-8,15H,9H2,(H,21,23). The van der Waals surface area contributed by atoms with E-state index in [1.54, 1.807) is 18.2 Å². The average Bonchev–Trinajstić information content (AvgIpc) is 2.81. The second kappa shape index (κ2) is 5.53. The minimum Gasteiger partial charge on any atom is -0.325 e. The van der Waals surface area contributed by atoms with Gasteiger partial charge < -0.3 is 5.32 Å². The Morgan fingerprint density at radius 1 is 1.13 bits per heavy atom. The van der Waals surface area contributed by atoms with Gasteiger partial charge in [0.15, 0.2) is 11.2 Å². The van der Waals surface area contributed by atoms with E-state index in [0.717, 1.165) is 18.2 Å². The van der Waals surface area contributed by atoms with Crippen molar-refractivity contribution in [3.8, 4) is 0 Å². The maximum absolute atomic E-state index is 13.7. The Bertz CT molecular complexity index is 777. The first kappa shape index (κ1) is 15.3. The van der Waals surface area contributed by atoms with E-state index in [1.807, 2.05) is 0 Å². The van der Waals surface area contributed by atoms with Gasteiger partial charge in [-0.25, -0.2) is 13.2 Å². The molecule has 1 unspecified atom stereocenters. The number of anilines is 1. The lowest BCUT2D eigenvalue weighted by Crippen LogP contribution is -2.47. The fraction of sp³-hybridized carbons (Fsp3) is 0.176. The molecule has 0 saturated heterocycles. The van der Waals surface area contributed by atoms with Crippen molar-refractivity contribution in [3.05, 3.63) is 65.5 Å². The Labute approximate surface area is 130 Å². The van der Waals surface area contributed by atoms with E-state index in [0.29, 0.717) is 5.69 Å². The van der Waals surface area contributed by atoms with E-state index in [9.17, 15) is 22.8 Å². The first-order valence-corrected chi connectivity index (χ1v) is 6.93. The third-order valence-electron chi connectivity index (χ3n) is 4.00. The van der Waals surface area contributed by atoms with Gasteiger partial charge in [-0.3, -0.25) is 9.59 Å². The van der Waals surface area contributed by atoms with Gasteiger partial charge in [0.25, 0.3) is 6.43 Å². The van der Waals surface area contributed by atoms with Crippen molar-refractivity contribution in [2.75, 3.05) is 5.32 Å². The molecule has 118 valence electrons. The predicted molar refractivity (Wildman–Crippen MR) is 77.9 cm³/mol. The van der Waals surface area contributed by atoms with Crippen molar-refractivity contribution in [1.82, 2.24) is 0 Å². The van der Waals surface area contributed by atoms with E-state index in [4.69, 9.17) is 0 Å². The Kier molecular flexibility index (Phi) is 3.67. The van der Waals surface area contributed by atoms with Gasteiger partial charge in [-0.1, -0.05) is 18.2 Å². The van der Waals surface area contributed by atoms with Gasteiger partial charge in [0.2, 0.25) is 5.91 Å². The largest absolute Gasteiger partial charge is 0.325 e. The first-order valence-electron chi connectivity index (χ1n) is 6.93. The number of carbonyl (C=O) groups is 2. The number of fused-ring (bicyclic) bond motifs is 1. The van der Waals surface area contributed by atoms with Crippen LogP contribution in [0.5, 0.6) is 0 Å². The van der Waals surface area contributed by atoms with E-state index in [2.05, 4.69) is 5.32 Å². The lowest BCUT2D eigenvalue weighted by Gasteiger charge is -2.25. The second-order valence-electron chi connectivity index (χ2n) is 5.40. The first-order chi connectivity index (χ1) is 10.9. The van der Waals surface area contributed by atoms with Gasteiger partial charge in [0.1, 0.15) is 5.82 Å². The van der Waals surface area contributed by atoms with Gasteiger partial charge in [0.05, 0.1) is 0 Å². The number of hydrogen-bond acceptors (Lipinski definition) is 2. The second-order valence-corrected chi connectivity index (χ2v) is 5.40. The summed E-state index contributed by atoms with van der Waals surface area (Å²) in [5, 5.41) is 2.35. The summed E-state index contributed by atoms with van der Waals surface area (Å²) in [7, 11) is 0. The normalized spacial score (nSPS) is 19.7. The summed E-state index contributed by atoms with van der Waals surface area (Å²) < 4.78 is 40.7. The van der Waals surface area contributed by atoms with Gasteiger partial charge in [-0.2, -0.15) is 0 Å². The van der Waals surface area contributed by atoms with Crippen LogP contribution in [0.1, 0.15) is 15.9 Å². The van der Waals surface area contributed by atoms with E-state index < -0.39 is 35.8 Å². The van der Waals surface area contributed by atoms with Gasteiger partial charge in [-0.05, 0) is 35.9 Å². The maximum atomic E-state index is 13.7. The van der Waals surface area contributed by atoms with Crippen LogP contribution in [-0.2, 0) is 11.2 Å². The van der Waals surface area contributed by atoms with Crippen molar-refractivity contribution in [3.63, 3.8) is 0 Å². The van der Waals surface area contributed by atoms with Crippen LogP contribution in [0.25, 0.3) is 0 Å². The minimum atomic E-state index is -3.20. The molecule has 0 spiro atoms. The molecule has 6 heteroatoms. The Morgan fingerprint density at radius 2 is 1.83 bits per heavy atom. The molecular weight excluding hydrogens is 307 g/mol. The number of rotatable bonds is 3. The molecule has 0 saturated carbocycles. The summed E-state index contributed by atoms with van der Waals surface area (Å²) in [5.41, 5.74) is -2.12. The molecule has 2 aromatic carbocycles. The fourth-order valence-corrected chi connectivity index (χ4v) is 2.77.